The third-order valence-corrected chi connectivity index (χ3v) is 2.63. The van der Waals surface area contributed by atoms with Crippen molar-refractivity contribution in [2.45, 2.75) is 6.92 Å². The average molecular weight is 243 g/mol. The molecule has 1 aromatic rings. The molecule has 0 unspecified atom stereocenters. The molecule has 0 aromatic carbocycles. The zero-order chi connectivity index (χ0) is 12.0. The topological polar surface area (TPSA) is 95.3 Å². The van der Waals surface area contributed by atoms with Crippen LogP contribution >= 0.6 is 11.8 Å². The quantitative estimate of drug-likeness (QED) is 0.642. The van der Waals surface area contributed by atoms with Gasteiger partial charge in [0, 0.05) is 12.3 Å². The van der Waals surface area contributed by atoms with E-state index in [9.17, 15) is 9.90 Å². The Morgan fingerprint density at radius 1 is 1.62 bits per heavy atom. The summed E-state index contributed by atoms with van der Waals surface area (Å²) in [7, 11) is 0. The van der Waals surface area contributed by atoms with E-state index in [4.69, 9.17) is 5.11 Å². The summed E-state index contributed by atoms with van der Waals surface area (Å²) in [5, 5.41) is 20.8. The molecular formula is C9H13N3O3S. The van der Waals surface area contributed by atoms with Crippen molar-refractivity contribution < 1.29 is 15.0 Å². The highest BCUT2D eigenvalue weighted by atomic mass is 32.2. The molecule has 0 atom stereocenters. The van der Waals surface area contributed by atoms with E-state index in [1.807, 2.05) is 0 Å². The van der Waals surface area contributed by atoms with Crippen LogP contribution < -0.4 is 5.32 Å². The summed E-state index contributed by atoms with van der Waals surface area (Å²) in [6.07, 6.45) is 1.08. The van der Waals surface area contributed by atoms with Gasteiger partial charge in [-0.25, -0.2) is 9.78 Å². The standard InChI is InChI=1S/C9H13N3O3S/c1-2-16-4-3-10-9-11-5-6(8(14)15)7(13)12-9/h5H,2-4H2,1H3,(H,14,15)(H2,10,11,12,13). The monoisotopic (exact) mass is 243 g/mol. The van der Waals surface area contributed by atoms with Gasteiger partial charge in [-0.05, 0) is 5.75 Å². The van der Waals surface area contributed by atoms with Crippen LogP contribution in [0.2, 0.25) is 0 Å². The maximum absolute atomic E-state index is 10.6. The smallest absolute Gasteiger partial charge is 0.342 e. The molecule has 0 aliphatic carbocycles. The molecule has 0 radical (unpaired) electrons. The molecule has 1 rings (SSSR count). The van der Waals surface area contributed by atoms with Crippen molar-refractivity contribution >= 4 is 23.7 Å². The molecule has 6 nitrogen and oxygen atoms in total. The second-order valence-electron chi connectivity index (χ2n) is 2.86. The second kappa shape index (κ2) is 6.16. The van der Waals surface area contributed by atoms with E-state index in [0.717, 1.165) is 17.7 Å². The number of thioether (sulfide) groups is 1. The minimum atomic E-state index is -1.24. The normalized spacial score (nSPS) is 10.1. The predicted molar refractivity (Wildman–Crippen MR) is 62.1 cm³/mol. The Bertz CT molecular complexity index is 373. The van der Waals surface area contributed by atoms with Crippen LogP contribution in [0.25, 0.3) is 0 Å². The molecule has 0 saturated heterocycles. The van der Waals surface area contributed by atoms with E-state index in [-0.39, 0.29) is 11.5 Å². The van der Waals surface area contributed by atoms with E-state index in [1.165, 1.54) is 0 Å². The number of nitrogens with zero attached hydrogens (tertiary/aromatic N) is 2. The van der Waals surface area contributed by atoms with Gasteiger partial charge in [0.15, 0.2) is 0 Å². The highest BCUT2D eigenvalue weighted by Crippen LogP contribution is 2.14. The third-order valence-electron chi connectivity index (χ3n) is 1.73. The van der Waals surface area contributed by atoms with Crippen molar-refractivity contribution in [1.29, 1.82) is 0 Å². The number of anilines is 1. The van der Waals surface area contributed by atoms with Crippen molar-refractivity contribution in [2.75, 3.05) is 23.4 Å². The maximum Gasteiger partial charge on any atom is 0.342 e. The number of hydrogen-bond acceptors (Lipinski definition) is 6. The first-order valence-electron chi connectivity index (χ1n) is 4.76. The minimum Gasteiger partial charge on any atom is -0.493 e. The number of hydrogen-bond donors (Lipinski definition) is 3. The third kappa shape index (κ3) is 3.58. The molecule has 0 aliphatic heterocycles. The van der Waals surface area contributed by atoms with Crippen LogP contribution in [0.4, 0.5) is 5.95 Å². The van der Waals surface area contributed by atoms with Crippen LogP contribution in [0, 0.1) is 0 Å². The van der Waals surface area contributed by atoms with Crippen LogP contribution in [-0.4, -0.2) is 44.2 Å². The molecule has 7 heteroatoms. The summed E-state index contributed by atoms with van der Waals surface area (Å²) in [5.41, 5.74) is -0.298. The number of aromatic hydroxyl groups is 1. The van der Waals surface area contributed by atoms with Gasteiger partial charge in [0.1, 0.15) is 5.56 Å². The number of carboxylic acids is 1. The molecule has 1 heterocycles. The van der Waals surface area contributed by atoms with E-state index >= 15 is 0 Å². The van der Waals surface area contributed by atoms with Gasteiger partial charge in [0.25, 0.3) is 0 Å². The number of carboxylic acid groups (broad SMARTS) is 1. The number of nitrogens with one attached hydrogen (secondary N) is 1. The van der Waals surface area contributed by atoms with Crippen molar-refractivity contribution in [2.24, 2.45) is 0 Å². The summed E-state index contributed by atoms with van der Waals surface area (Å²) < 4.78 is 0. The van der Waals surface area contributed by atoms with Gasteiger partial charge in [-0.3, -0.25) is 0 Å². The summed E-state index contributed by atoms with van der Waals surface area (Å²) in [5.74, 6) is 0.408. The first-order valence-corrected chi connectivity index (χ1v) is 5.91. The highest BCUT2D eigenvalue weighted by Gasteiger charge is 2.11. The van der Waals surface area contributed by atoms with Gasteiger partial charge in [0.05, 0.1) is 6.20 Å². The molecule has 16 heavy (non-hydrogen) atoms. The van der Waals surface area contributed by atoms with Crippen molar-refractivity contribution in [3.63, 3.8) is 0 Å². The Kier molecular flexibility index (Phi) is 4.84. The molecule has 0 amide bonds. The Morgan fingerprint density at radius 3 is 2.94 bits per heavy atom. The zero-order valence-electron chi connectivity index (χ0n) is 8.80. The molecule has 0 saturated carbocycles. The summed E-state index contributed by atoms with van der Waals surface area (Å²) in [4.78, 5) is 18.0. The van der Waals surface area contributed by atoms with Crippen molar-refractivity contribution in [3.05, 3.63) is 11.8 Å². The van der Waals surface area contributed by atoms with Gasteiger partial charge in [-0.15, -0.1) is 0 Å². The van der Waals surface area contributed by atoms with Gasteiger partial charge in [0.2, 0.25) is 11.8 Å². The second-order valence-corrected chi connectivity index (χ2v) is 4.25. The van der Waals surface area contributed by atoms with E-state index in [2.05, 4.69) is 22.2 Å². The van der Waals surface area contributed by atoms with Crippen molar-refractivity contribution in [1.82, 2.24) is 9.97 Å². The Balaban J connectivity index is 2.56. The van der Waals surface area contributed by atoms with E-state index in [0.29, 0.717) is 6.54 Å². The number of aromatic carboxylic acids is 1. The van der Waals surface area contributed by atoms with Crippen LogP contribution in [0.1, 0.15) is 17.3 Å². The lowest BCUT2D eigenvalue weighted by Crippen LogP contribution is -2.09. The Hall–Kier alpha value is -1.50. The van der Waals surface area contributed by atoms with Crippen LogP contribution in [0.3, 0.4) is 0 Å². The first-order chi connectivity index (χ1) is 7.65. The van der Waals surface area contributed by atoms with E-state index in [1.54, 1.807) is 11.8 Å². The fourth-order valence-corrected chi connectivity index (χ4v) is 1.52. The molecule has 3 N–H and O–H groups in total. The van der Waals surface area contributed by atoms with Gasteiger partial charge in [-0.2, -0.15) is 16.7 Å². The number of carbonyl (C=O) groups is 1. The summed E-state index contributed by atoms with van der Waals surface area (Å²) >= 11 is 1.76. The SMILES string of the molecule is CCSCCNc1ncc(C(=O)O)c(O)n1. The lowest BCUT2D eigenvalue weighted by Gasteiger charge is -2.04. The Morgan fingerprint density at radius 2 is 2.38 bits per heavy atom. The van der Waals surface area contributed by atoms with Crippen LogP contribution in [0.15, 0.2) is 6.20 Å². The fraction of sp³-hybridized carbons (Fsp3) is 0.444. The molecule has 0 spiro atoms. The molecule has 1 aromatic heterocycles. The van der Waals surface area contributed by atoms with Gasteiger partial charge in [-0.1, -0.05) is 6.92 Å². The van der Waals surface area contributed by atoms with Crippen LogP contribution in [0.5, 0.6) is 5.88 Å². The summed E-state index contributed by atoms with van der Waals surface area (Å²) in [6, 6.07) is 0. The number of aromatic nitrogens is 2. The first kappa shape index (κ1) is 12.6. The molecule has 0 aliphatic rings. The molecule has 88 valence electrons. The molecule has 0 bridgehead atoms. The Labute approximate surface area is 97.1 Å². The summed E-state index contributed by atoms with van der Waals surface area (Å²) in [6.45, 7) is 2.74. The maximum atomic E-state index is 10.6. The zero-order valence-corrected chi connectivity index (χ0v) is 9.62. The van der Waals surface area contributed by atoms with Gasteiger partial charge >= 0.3 is 5.97 Å². The van der Waals surface area contributed by atoms with Gasteiger partial charge < -0.3 is 15.5 Å². The largest absolute Gasteiger partial charge is 0.493 e. The lowest BCUT2D eigenvalue weighted by atomic mass is 10.3. The molecular weight excluding hydrogens is 230 g/mol. The minimum absolute atomic E-state index is 0.235. The fourth-order valence-electron chi connectivity index (χ4n) is 0.988. The predicted octanol–water partition coefficient (Wildman–Crippen LogP) is 1.05. The van der Waals surface area contributed by atoms with E-state index < -0.39 is 11.8 Å². The van der Waals surface area contributed by atoms with Crippen LogP contribution in [-0.2, 0) is 0 Å². The average Bonchev–Trinajstić information content (AvgIpc) is 2.24. The number of rotatable bonds is 6. The lowest BCUT2D eigenvalue weighted by molar-refractivity contribution is 0.0692. The highest BCUT2D eigenvalue weighted by molar-refractivity contribution is 7.99. The van der Waals surface area contributed by atoms with Crippen molar-refractivity contribution in [3.8, 4) is 5.88 Å². The molecule has 0 fully saturated rings.